The topological polar surface area (TPSA) is 46.9 Å². The third kappa shape index (κ3) is 4.80. The Hall–Kier alpha value is -3.11. The molecule has 4 nitrogen and oxygen atoms in total. The van der Waals surface area contributed by atoms with Crippen molar-refractivity contribution in [1.82, 2.24) is 15.1 Å². The maximum atomic E-state index is 13.0. The molecule has 0 bridgehead atoms. The van der Waals surface area contributed by atoms with Gasteiger partial charge in [-0.05, 0) is 43.0 Å². The van der Waals surface area contributed by atoms with Crippen LogP contribution in [0.25, 0.3) is 22.2 Å². The van der Waals surface area contributed by atoms with Crippen LogP contribution in [0.1, 0.15) is 31.4 Å². The van der Waals surface area contributed by atoms with Gasteiger partial charge < -0.3 is 5.32 Å². The number of aromatic nitrogens is 2. The van der Waals surface area contributed by atoms with Gasteiger partial charge in [0.15, 0.2) is 0 Å². The number of amides is 1. The first-order valence-electron chi connectivity index (χ1n) is 10.7. The normalized spacial score (nSPS) is 12.1. The number of hydrogen-bond donors (Lipinski definition) is 1. The summed E-state index contributed by atoms with van der Waals surface area (Å²) in [5.74, 6) is -0.00507. The van der Waals surface area contributed by atoms with Crippen molar-refractivity contribution < 1.29 is 4.79 Å². The van der Waals surface area contributed by atoms with Crippen molar-refractivity contribution in [3.05, 3.63) is 89.4 Å². The molecule has 1 amide bonds. The minimum Gasteiger partial charge on any atom is -0.354 e. The molecule has 0 aliphatic rings. The van der Waals surface area contributed by atoms with E-state index in [1.165, 1.54) is 5.56 Å². The van der Waals surface area contributed by atoms with Crippen LogP contribution in [-0.2, 0) is 11.2 Å². The fraction of sp³-hybridized carbons (Fsp3) is 0.231. The van der Waals surface area contributed by atoms with Gasteiger partial charge in [-0.2, -0.15) is 5.10 Å². The van der Waals surface area contributed by atoms with Gasteiger partial charge in [-0.1, -0.05) is 79.2 Å². The Labute approximate surface area is 187 Å². The van der Waals surface area contributed by atoms with Crippen LogP contribution in [0.2, 0.25) is 5.02 Å². The van der Waals surface area contributed by atoms with Crippen molar-refractivity contribution in [2.75, 3.05) is 6.54 Å². The molecule has 0 aliphatic heterocycles. The average molecular weight is 432 g/mol. The van der Waals surface area contributed by atoms with Crippen LogP contribution in [0.5, 0.6) is 0 Å². The number of fused-ring (bicyclic) bond motifs is 1. The van der Waals surface area contributed by atoms with Gasteiger partial charge in [0, 0.05) is 22.5 Å². The molecule has 1 unspecified atom stereocenters. The Bertz CT molecular complexity index is 1160. The molecule has 0 radical (unpaired) electrons. The number of nitrogens with zero attached hydrogens (tertiary/aromatic N) is 2. The maximum absolute atomic E-state index is 13.0. The Kier molecular flexibility index (Phi) is 6.68. The standard InChI is InChI=1S/C26H26ClN3O/c1-2-23(26(31)28-17-9-12-19-10-5-3-6-11-19)30-24-16-15-21(27)18-22(24)25(29-30)20-13-7-4-8-14-20/h3-8,10-11,13-16,18,23H,2,9,12,17H2,1H3,(H,28,31). The number of aryl methyl sites for hydroxylation is 1. The minimum absolute atomic E-state index is 0.00507. The highest BCUT2D eigenvalue weighted by molar-refractivity contribution is 6.31. The molecule has 4 aromatic rings. The molecule has 0 fully saturated rings. The lowest BCUT2D eigenvalue weighted by molar-refractivity contribution is -0.124. The van der Waals surface area contributed by atoms with Crippen molar-refractivity contribution in [1.29, 1.82) is 0 Å². The predicted octanol–water partition coefficient (Wildman–Crippen LogP) is 6.06. The number of benzene rings is 3. The van der Waals surface area contributed by atoms with Gasteiger partial charge in [0.05, 0.1) is 5.52 Å². The second-order valence-corrected chi connectivity index (χ2v) is 8.06. The number of carbonyl (C=O) groups excluding carboxylic acids is 1. The number of halogens is 1. The molecule has 0 saturated carbocycles. The molecule has 158 valence electrons. The summed E-state index contributed by atoms with van der Waals surface area (Å²) >= 11 is 6.28. The van der Waals surface area contributed by atoms with E-state index < -0.39 is 0 Å². The van der Waals surface area contributed by atoms with Crippen LogP contribution in [0.4, 0.5) is 0 Å². The van der Waals surface area contributed by atoms with Gasteiger partial charge in [-0.25, -0.2) is 0 Å². The van der Waals surface area contributed by atoms with Crippen LogP contribution < -0.4 is 5.32 Å². The Morgan fingerprint density at radius 1 is 1.03 bits per heavy atom. The monoisotopic (exact) mass is 431 g/mol. The van der Waals surface area contributed by atoms with E-state index in [0.717, 1.165) is 35.0 Å². The molecule has 4 rings (SSSR count). The summed E-state index contributed by atoms with van der Waals surface area (Å²) in [5, 5.41) is 9.58. The van der Waals surface area contributed by atoms with Crippen LogP contribution in [-0.4, -0.2) is 22.2 Å². The van der Waals surface area contributed by atoms with Crippen molar-refractivity contribution in [3.8, 4) is 11.3 Å². The van der Waals surface area contributed by atoms with Crippen LogP contribution >= 0.6 is 11.6 Å². The van der Waals surface area contributed by atoms with E-state index in [1.54, 1.807) is 0 Å². The first-order valence-corrected chi connectivity index (χ1v) is 11.1. The van der Waals surface area contributed by atoms with E-state index in [1.807, 2.05) is 78.3 Å². The molecule has 1 atom stereocenters. The highest BCUT2D eigenvalue weighted by Gasteiger charge is 2.23. The summed E-state index contributed by atoms with van der Waals surface area (Å²) in [7, 11) is 0. The Morgan fingerprint density at radius 3 is 2.45 bits per heavy atom. The number of hydrogen-bond acceptors (Lipinski definition) is 2. The van der Waals surface area contributed by atoms with Gasteiger partial charge in [-0.15, -0.1) is 0 Å². The Morgan fingerprint density at radius 2 is 1.74 bits per heavy atom. The summed E-state index contributed by atoms with van der Waals surface area (Å²) in [6, 6.07) is 25.7. The van der Waals surface area contributed by atoms with E-state index in [9.17, 15) is 4.79 Å². The summed E-state index contributed by atoms with van der Waals surface area (Å²) < 4.78 is 1.85. The van der Waals surface area contributed by atoms with Crippen LogP contribution in [0.15, 0.2) is 78.9 Å². The first kappa shape index (κ1) is 21.1. The average Bonchev–Trinajstić information content (AvgIpc) is 3.17. The van der Waals surface area contributed by atoms with Gasteiger partial charge in [0.2, 0.25) is 5.91 Å². The number of rotatable bonds is 8. The van der Waals surface area contributed by atoms with E-state index >= 15 is 0 Å². The molecule has 3 aromatic carbocycles. The molecule has 0 aliphatic carbocycles. The number of nitrogens with one attached hydrogen (secondary N) is 1. The Balaban J connectivity index is 1.55. The van der Waals surface area contributed by atoms with Crippen LogP contribution in [0.3, 0.4) is 0 Å². The second kappa shape index (κ2) is 9.80. The van der Waals surface area contributed by atoms with Gasteiger partial charge in [0.25, 0.3) is 0 Å². The largest absolute Gasteiger partial charge is 0.354 e. The SMILES string of the molecule is CCC(C(=O)NCCCc1ccccc1)n1nc(-c2ccccc2)c2cc(Cl)ccc21. The third-order valence-corrected chi connectivity index (χ3v) is 5.72. The molecular weight excluding hydrogens is 406 g/mol. The smallest absolute Gasteiger partial charge is 0.244 e. The predicted molar refractivity (Wildman–Crippen MR) is 127 cm³/mol. The van der Waals surface area contributed by atoms with Crippen molar-refractivity contribution >= 4 is 28.4 Å². The molecule has 5 heteroatoms. The molecule has 1 heterocycles. The minimum atomic E-state index is -0.377. The molecular formula is C26H26ClN3O. The summed E-state index contributed by atoms with van der Waals surface area (Å²) in [6.07, 6.45) is 2.49. The molecule has 0 saturated heterocycles. The fourth-order valence-corrected chi connectivity index (χ4v) is 4.07. The third-order valence-electron chi connectivity index (χ3n) is 5.48. The van der Waals surface area contributed by atoms with Crippen molar-refractivity contribution in [2.24, 2.45) is 0 Å². The fourth-order valence-electron chi connectivity index (χ4n) is 3.90. The zero-order valence-electron chi connectivity index (χ0n) is 17.6. The summed E-state index contributed by atoms with van der Waals surface area (Å²) in [6.45, 7) is 2.65. The lowest BCUT2D eigenvalue weighted by Crippen LogP contribution is -2.33. The summed E-state index contributed by atoms with van der Waals surface area (Å²) in [4.78, 5) is 13.0. The zero-order chi connectivity index (χ0) is 21.6. The maximum Gasteiger partial charge on any atom is 0.244 e. The molecule has 0 spiro atoms. The quantitative estimate of drug-likeness (QED) is 0.345. The number of carbonyl (C=O) groups is 1. The zero-order valence-corrected chi connectivity index (χ0v) is 18.3. The second-order valence-electron chi connectivity index (χ2n) is 7.62. The summed E-state index contributed by atoms with van der Waals surface area (Å²) in [5.41, 5.74) is 4.04. The lowest BCUT2D eigenvalue weighted by Gasteiger charge is -2.17. The van der Waals surface area contributed by atoms with Gasteiger partial charge in [-0.3, -0.25) is 9.48 Å². The van der Waals surface area contributed by atoms with Gasteiger partial charge >= 0.3 is 0 Å². The first-order chi connectivity index (χ1) is 15.2. The van der Waals surface area contributed by atoms with E-state index in [2.05, 4.69) is 17.4 Å². The van der Waals surface area contributed by atoms with Crippen molar-refractivity contribution in [3.63, 3.8) is 0 Å². The highest BCUT2D eigenvalue weighted by atomic mass is 35.5. The molecule has 1 aromatic heterocycles. The highest BCUT2D eigenvalue weighted by Crippen LogP contribution is 2.32. The van der Waals surface area contributed by atoms with Gasteiger partial charge in [0.1, 0.15) is 11.7 Å². The van der Waals surface area contributed by atoms with E-state index in [4.69, 9.17) is 16.7 Å². The molecule has 31 heavy (non-hydrogen) atoms. The molecule has 1 N–H and O–H groups in total. The lowest BCUT2D eigenvalue weighted by atomic mass is 10.1. The van der Waals surface area contributed by atoms with Crippen molar-refractivity contribution in [2.45, 2.75) is 32.2 Å². The van der Waals surface area contributed by atoms with E-state index in [0.29, 0.717) is 18.0 Å². The van der Waals surface area contributed by atoms with Crippen LogP contribution in [0, 0.1) is 0 Å². The van der Waals surface area contributed by atoms with E-state index in [-0.39, 0.29) is 11.9 Å².